The van der Waals surface area contributed by atoms with Crippen molar-refractivity contribution in [2.45, 2.75) is 24.2 Å². The maximum atomic E-state index is 2.24. The molecule has 0 aliphatic carbocycles. The zero-order chi connectivity index (χ0) is 4.12. The van der Waals surface area contributed by atoms with E-state index in [0.29, 0.717) is 0 Å². The first-order chi connectivity index (χ1) is 2.41. The Bertz CT molecular complexity index is 15.0. The van der Waals surface area contributed by atoms with Gasteiger partial charge in [0.2, 0.25) is 0 Å². The van der Waals surface area contributed by atoms with E-state index >= 15 is 0 Å². The summed E-state index contributed by atoms with van der Waals surface area (Å²) in [7, 11) is 0. The minimum absolute atomic E-state index is 0. The van der Waals surface area contributed by atoms with Gasteiger partial charge in [0.1, 0.15) is 0 Å². The van der Waals surface area contributed by atoms with E-state index in [1.165, 1.54) is 39.8 Å². The van der Waals surface area contributed by atoms with E-state index in [4.69, 9.17) is 0 Å². The summed E-state index contributed by atoms with van der Waals surface area (Å²) in [4.78, 5) is 0. The fourth-order valence-electron chi connectivity index (χ4n) is 0.250. The van der Waals surface area contributed by atoms with E-state index in [2.05, 4.69) is 6.92 Å². The van der Waals surface area contributed by atoms with E-state index in [-0.39, 0.29) is 18.9 Å². The van der Waals surface area contributed by atoms with Crippen LogP contribution in [0.2, 0.25) is 4.44 Å². The Labute approximate surface area is 65.3 Å². The van der Waals surface area contributed by atoms with Crippen molar-refractivity contribution in [3.8, 4) is 0 Å². The first-order valence-corrected chi connectivity index (χ1v) is 5.06. The number of hydrogen-bond acceptors (Lipinski definition) is 0. The van der Waals surface area contributed by atoms with Gasteiger partial charge in [-0.1, -0.05) is 0 Å². The Morgan fingerprint density at radius 1 is 1.50 bits per heavy atom. The molecule has 2 radical (unpaired) electrons. The van der Waals surface area contributed by atoms with Crippen LogP contribution >= 0.6 is 0 Å². The number of hydrogen-bond donors (Lipinski definition) is 0. The van der Waals surface area contributed by atoms with Crippen LogP contribution in [0.4, 0.5) is 0 Å². The van der Waals surface area contributed by atoms with Crippen LogP contribution in [0.15, 0.2) is 0 Å². The van der Waals surface area contributed by atoms with Gasteiger partial charge in [0.15, 0.2) is 0 Å². The van der Waals surface area contributed by atoms with Crippen molar-refractivity contribution in [1.29, 1.82) is 0 Å². The average Bonchev–Trinajstić information content (AvgIpc) is 1.41. The molecule has 0 rings (SSSR count). The summed E-state index contributed by atoms with van der Waals surface area (Å²) in [6.07, 6.45) is 2.85. The molecule has 0 saturated heterocycles. The minimum Gasteiger partial charge on any atom is 0 e. The molecule has 0 aliphatic heterocycles. The number of rotatable bonds is 2. The van der Waals surface area contributed by atoms with E-state index < -0.39 is 0 Å². The summed E-state index contributed by atoms with van der Waals surface area (Å²) in [5.41, 5.74) is 0. The van der Waals surface area contributed by atoms with Gasteiger partial charge >= 0.3 is 46.7 Å². The van der Waals surface area contributed by atoms with Crippen LogP contribution in [-0.2, 0) is 0 Å². The van der Waals surface area contributed by atoms with Gasteiger partial charge in [0.05, 0.1) is 0 Å². The van der Waals surface area contributed by atoms with Crippen LogP contribution in [0.3, 0.4) is 0 Å². The molecule has 32 valence electrons. The molecule has 0 aromatic heterocycles. The van der Waals surface area contributed by atoms with Gasteiger partial charge in [-0.05, 0) is 0 Å². The zero-order valence-corrected chi connectivity index (χ0v) is 8.86. The molecule has 0 nitrogen and oxygen atoms in total. The van der Waals surface area contributed by atoms with Crippen LogP contribution in [0, 0.1) is 0 Å². The average molecular weight is 185 g/mol. The van der Waals surface area contributed by atoms with Crippen LogP contribution in [0.1, 0.15) is 19.8 Å². The SMILES string of the molecule is CCC[CH2][SnH2].[Li]. The van der Waals surface area contributed by atoms with Crippen molar-refractivity contribution in [3.63, 3.8) is 0 Å². The third-order valence-electron chi connectivity index (χ3n) is 0.604. The van der Waals surface area contributed by atoms with Crippen LogP contribution in [0.25, 0.3) is 0 Å². The molecule has 0 atom stereocenters. The molecule has 0 N–H and O–H groups in total. The standard InChI is InChI=1S/C4H9.Li.Sn.2H/c1-3-4-2;;;;/h1,3-4H2,2H3;;;;. The van der Waals surface area contributed by atoms with Gasteiger partial charge in [0, 0.05) is 18.9 Å². The molecule has 0 heterocycles. The first kappa shape index (κ1) is 10.4. The fraction of sp³-hybridized carbons (Fsp3) is 1.00. The van der Waals surface area contributed by atoms with Gasteiger partial charge < -0.3 is 0 Å². The smallest absolute Gasteiger partial charge is 0 e. The first-order valence-electron chi connectivity index (χ1n) is 2.21. The topological polar surface area (TPSA) is 0 Å². The molecule has 0 bridgehead atoms. The quantitative estimate of drug-likeness (QED) is 0.548. The van der Waals surface area contributed by atoms with Gasteiger partial charge in [0.25, 0.3) is 0 Å². The molecule has 6 heavy (non-hydrogen) atoms. The van der Waals surface area contributed by atoms with Crippen LogP contribution in [0.5, 0.6) is 0 Å². The molecular formula is C4H11LiSn. The molecule has 2 heteroatoms. The molecule has 0 saturated carbocycles. The molecule has 0 fully saturated rings. The molecular weight excluding hydrogens is 174 g/mol. The van der Waals surface area contributed by atoms with Gasteiger partial charge in [-0.25, -0.2) is 0 Å². The fourth-order valence-corrected chi connectivity index (χ4v) is 1.68. The Morgan fingerprint density at radius 3 is 2.00 bits per heavy atom. The molecule has 0 aromatic rings. The summed E-state index contributed by atoms with van der Waals surface area (Å²) in [5.74, 6) is 0. The summed E-state index contributed by atoms with van der Waals surface area (Å²) in [5, 5.41) is 0. The van der Waals surface area contributed by atoms with Crippen molar-refractivity contribution in [2.75, 3.05) is 0 Å². The molecule has 0 amide bonds. The minimum atomic E-state index is 0. The number of unbranched alkanes of at least 4 members (excludes halogenated alkanes) is 1. The van der Waals surface area contributed by atoms with Crippen molar-refractivity contribution >= 4 is 41.4 Å². The second-order valence-electron chi connectivity index (χ2n) is 1.21. The molecule has 0 spiro atoms. The van der Waals surface area contributed by atoms with Gasteiger partial charge in [-0.15, -0.1) is 0 Å². The van der Waals surface area contributed by atoms with Crippen LogP contribution in [-0.4, -0.2) is 41.4 Å². The van der Waals surface area contributed by atoms with Crippen molar-refractivity contribution in [3.05, 3.63) is 0 Å². The third-order valence-corrected chi connectivity index (χ3v) is 2.03. The Morgan fingerprint density at radius 2 is 2.00 bits per heavy atom. The summed E-state index contributed by atoms with van der Waals surface area (Å²) in [6, 6.07) is 0. The maximum absolute atomic E-state index is 2.24. The predicted molar refractivity (Wildman–Crippen MR) is 34.0 cm³/mol. The Balaban J connectivity index is 0. The summed E-state index contributed by atoms with van der Waals surface area (Å²) >= 11 is 1.22. The third kappa shape index (κ3) is 9.04. The van der Waals surface area contributed by atoms with E-state index in [1.807, 2.05) is 0 Å². The Hall–Kier alpha value is 1.40. The largest absolute Gasteiger partial charge is 0 e. The van der Waals surface area contributed by atoms with Crippen LogP contribution < -0.4 is 0 Å². The monoisotopic (exact) mass is 186 g/mol. The second kappa shape index (κ2) is 9.64. The van der Waals surface area contributed by atoms with Crippen molar-refractivity contribution in [1.82, 2.24) is 0 Å². The Kier molecular flexibility index (Phi) is 16.7. The summed E-state index contributed by atoms with van der Waals surface area (Å²) < 4.78 is 1.51. The molecule has 0 aliphatic rings. The van der Waals surface area contributed by atoms with Crippen molar-refractivity contribution in [2.24, 2.45) is 0 Å². The zero-order valence-electron chi connectivity index (χ0n) is 4.83. The van der Waals surface area contributed by atoms with Gasteiger partial charge in [-0.3, -0.25) is 0 Å². The van der Waals surface area contributed by atoms with E-state index in [9.17, 15) is 0 Å². The maximum Gasteiger partial charge on any atom is 0 e. The van der Waals surface area contributed by atoms with E-state index in [0.717, 1.165) is 0 Å². The van der Waals surface area contributed by atoms with Crippen molar-refractivity contribution < 1.29 is 0 Å². The normalized spacial score (nSPS) is 7.00. The summed E-state index contributed by atoms with van der Waals surface area (Å²) in [6.45, 7) is 2.24. The van der Waals surface area contributed by atoms with Gasteiger partial charge in [-0.2, -0.15) is 0 Å². The predicted octanol–water partition coefficient (Wildman–Crippen LogP) is 0.457. The molecule has 0 aromatic carbocycles. The molecule has 0 unspecified atom stereocenters. The second-order valence-corrected chi connectivity index (χ2v) is 3.23. The van der Waals surface area contributed by atoms with E-state index in [1.54, 1.807) is 0 Å².